The molecule has 0 aromatic rings. The Morgan fingerprint density at radius 1 is 1.07 bits per heavy atom. The van der Waals surface area contributed by atoms with Crippen LogP contribution in [0.1, 0.15) is 25.7 Å². The lowest BCUT2D eigenvalue weighted by Crippen LogP contribution is -2.34. The second-order valence-corrected chi connectivity index (χ2v) is 4.97. The molecule has 1 aliphatic heterocycles. The van der Waals surface area contributed by atoms with Crippen molar-refractivity contribution in [3.63, 3.8) is 0 Å². The highest BCUT2D eigenvalue weighted by atomic mass is 15.1. The largest absolute Gasteiger partial charge is 0.317 e. The van der Waals surface area contributed by atoms with Gasteiger partial charge in [0.25, 0.3) is 0 Å². The van der Waals surface area contributed by atoms with Gasteiger partial charge in [0.2, 0.25) is 0 Å². The number of nitrogens with one attached hydrogen (secondary N) is 1. The summed E-state index contributed by atoms with van der Waals surface area (Å²) < 4.78 is 0. The third kappa shape index (κ3) is 5.50. The van der Waals surface area contributed by atoms with Crippen LogP contribution in [0.25, 0.3) is 0 Å². The molecule has 3 nitrogen and oxygen atoms in total. The van der Waals surface area contributed by atoms with E-state index in [1.807, 2.05) is 0 Å². The molecule has 15 heavy (non-hydrogen) atoms. The summed E-state index contributed by atoms with van der Waals surface area (Å²) in [6.45, 7) is 4.85. The molecule has 1 rings (SSSR count). The molecular weight excluding hydrogens is 186 g/mol. The van der Waals surface area contributed by atoms with Crippen LogP contribution in [-0.2, 0) is 0 Å². The van der Waals surface area contributed by atoms with Crippen LogP contribution in [0.3, 0.4) is 0 Å². The summed E-state index contributed by atoms with van der Waals surface area (Å²) in [5.41, 5.74) is 0. The molecule has 0 bridgehead atoms. The zero-order valence-electron chi connectivity index (χ0n) is 10.6. The Hall–Kier alpha value is -0.120. The van der Waals surface area contributed by atoms with Crippen LogP contribution in [0.15, 0.2) is 0 Å². The highest BCUT2D eigenvalue weighted by molar-refractivity contribution is 4.74. The second-order valence-electron chi connectivity index (χ2n) is 4.97. The van der Waals surface area contributed by atoms with Crippen LogP contribution in [0.4, 0.5) is 0 Å². The van der Waals surface area contributed by atoms with Crippen molar-refractivity contribution >= 4 is 0 Å². The molecule has 0 aliphatic carbocycles. The highest BCUT2D eigenvalue weighted by Crippen LogP contribution is 2.11. The molecule has 1 heterocycles. The molecule has 0 amide bonds. The van der Waals surface area contributed by atoms with Gasteiger partial charge in [0.1, 0.15) is 0 Å². The van der Waals surface area contributed by atoms with E-state index in [1.54, 1.807) is 0 Å². The van der Waals surface area contributed by atoms with Crippen molar-refractivity contribution in [1.82, 2.24) is 15.1 Å². The Balaban J connectivity index is 2.16. The summed E-state index contributed by atoms with van der Waals surface area (Å²) in [5, 5.41) is 3.47. The lowest BCUT2D eigenvalue weighted by molar-refractivity contribution is 0.213. The molecule has 0 saturated carbocycles. The Labute approximate surface area is 94.8 Å². The van der Waals surface area contributed by atoms with Crippen molar-refractivity contribution in [2.45, 2.75) is 31.7 Å². The van der Waals surface area contributed by atoms with E-state index >= 15 is 0 Å². The van der Waals surface area contributed by atoms with E-state index < -0.39 is 0 Å². The minimum Gasteiger partial charge on any atom is -0.317 e. The first kappa shape index (κ1) is 12.9. The first-order valence-electron chi connectivity index (χ1n) is 6.26. The maximum Gasteiger partial charge on any atom is 0.0105 e. The first-order valence-corrected chi connectivity index (χ1v) is 6.26. The van der Waals surface area contributed by atoms with Crippen molar-refractivity contribution in [1.29, 1.82) is 0 Å². The van der Waals surface area contributed by atoms with Gasteiger partial charge >= 0.3 is 0 Å². The van der Waals surface area contributed by atoms with E-state index in [0.717, 1.165) is 6.04 Å². The Morgan fingerprint density at radius 2 is 1.87 bits per heavy atom. The smallest absolute Gasteiger partial charge is 0.0105 e. The standard InChI is InChI=1S/C12H27N3/c1-14(2)10-5-11-15(3)12-6-4-8-13-9-7-12/h12-13H,4-11H2,1-3H3. The van der Waals surface area contributed by atoms with Crippen molar-refractivity contribution in [3.05, 3.63) is 0 Å². The zero-order chi connectivity index (χ0) is 11.1. The molecule has 0 radical (unpaired) electrons. The van der Waals surface area contributed by atoms with Gasteiger partial charge in [-0.3, -0.25) is 0 Å². The van der Waals surface area contributed by atoms with Gasteiger partial charge in [-0.05, 0) is 73.0 Å². The predicted molar refractivity (Wildman–Crippen MR) is 66.3 cm³/mol. The molecule has 90 valence electrons. The molecule has 0 spiro atoms. The third-order valence-corrected chi connectivity index (χ3v) is 3.28. The molecule has 0 aromatic heterocycles. The normalized spacial score (nSPS) is 23.4. The van der Waals surface area contributed by atoms with Crippen molar-refractivity contribution in [2.75, 3.05) is 47.3 Å². The molecule has 1 unspecified atom stereocenters. The maximum atomic E-state index is 3.47. The average Bonchev–Trinajstić information content (AvgIpc) is 2.44. The molecule has 1 saturated heterocycles. The van der Waals surface area contributed by atoms with Gasteiger partial charge in [-0.25, -0.2) is 0 Å². The van der Waals surface area contributed by atoms with Crippen LogP contribution in [0, 0.1) is 0 Å². The van der Waals surface area contributed by atoms with Gasteiger partial charge in [0.15, 0.2) is 0 Å². The maximum absolute atomic E-state index is 3.47. The van der Waals surface area contributed by atoms with E-state index in [0.29, 0.717) is 0 Å². The van der Waals surface area contributed by atoms with Gasteiger partial charge in [0, 0.05) is 6.04 Å². The van der Waals surface area contributed by atoms with Crippen molar-refractivity contribution in [3.8, 4) is 0 Å². The van der Waals surface area contributed by atoms with Gasteiger partial charge in [-0.15, -0.1) is 0 Å². The number of hydrogen-bond acceptors (Lipinski definition) is 3. The van der Waals surface area contributed by atoms with E-state index in [2.05, 4.69) is 36.3 Å². The lowest BCUT2D eigenvalue weighted by Gasteiger charge is -2.27. The molecule has 3 heteroatoms. The minimum atomic E-state index is 0.808. The first-order chi connectivity index (χ1) is 7.20. The van der Waals surface area contributed by atoms with Crippen LogP contribution in [0.5, 0.6) is 0 Å². The third-order valence-electron chi connectivity index (χ3n) is 3.28. The molecule has 1 fully saturated rings. The number of nitrogens with zero attached hydrogens (tertiary/aromatic N) is 2. The van der Waals surface area contributed by atoms with Crippen molar-refractivity contribution < 1.29 is 0 Å². The van der Waals surface area contributed by atoms with Crippen LogP contribution in [0.2, 0.25) is 0 Å². The SMILES string of the molecule is CN(C)CCCN(C)C1CCCNCC1. The summed E-state index contributed by atoms with van der Waals surface area (Å²) in [7, 11) is 6.58. The topological polar surface area (TPSA) is 18.5 Å². The molecule has 1 N–H and O–H groups in total. The Bertz CT molecular complexity index is 151. The minimum absolute atomic E-state index is 0.808. The van der Waals surface area contributed by atoms with Gasteiger partial charge in [0.05, 0.1) is 0 Å². The second kappa shape index (κ2) is 7.20. The molecular formula is C12H27N3. The van der Waals surface area contributed by atoms with E-state index in [1.165, 1.54) is 51.9 Å². The molecule has 1 atom stereocenters. The van der Waals surface area contributed by atoms with Crippen LogP contribution in [-0.4, -0.2) is 63.2 Å². The Morgan fingerprint density at radius 3 is 2.60 bits per heavy atom. The van der Waals surface area contributed by atoms with E-state index in [4.69, 9.17) is 0 Å². The fraction of sp³-hybridized carbons (Fsp3) is 1.00. The van der Waals surface area contributed by atoms with Gasteiger partial charge in [-0.1, -0.05) is 0 Å². The predicted octanol–water partition coefficient (Wildman–Crippen LogP) is 1.01. The molecule has 1 aliphatic rings. The fourth-order valence-electron chi connectivity index (χ4n) is 2.26. The fourth-order valence-corrected chi connectivity index (χ4v) is 2.26. The number of rotatable bonds is 5. The van der Waals surface area contributed by atoms with Crippen molar-refractivity contribution in [2.24, 2.45) is 0 Å². The Kier molecular flexibility index (Phi) is 6.22. The summed E-state index contributed by atoms with van der Waals surface area (Å²) >= 11 is 0. The van der Waals surface area contributed by atoms with Crippen LogP contribution < -0.4 is 5.32 Å². The monoisotopic (exact) mass is 213 g/mol. The van der Waals surface area contributed by atoms with Gasteiger partial charge < -0.3 is 15.1 Å². The molecule has 0 aromatic carbocycles. The number of hydrogen-bond donors (Lipinski definition) is 1. The van der Waals surface area contributed by atoms with Gasteiger partial charge in [-0.2, -0.15) is 0 Å². The van der Waals surface area contributed by atoms with E-state index in [-0.39, 0.29) is 0 Å². The average molecular weight is 213 g/mol. The lowest BCUT2D eigenvalue weighted by atomic mass is 10.1. The highest BCUT2D eigenvalue weighted by Gasteiger charge is 2.15. The van der Waals surface area contributed by atoms with E-state index in [9.17, 15) is 0 Å². The van der Waals surface area contributed by atoms with Crippen LogP contribution >= 0.6 is 0 Å². The quantitative estimate of drug-likeness (QED) is 0.735. The summed E-state index contributed by atoms with van der Waals surface area (Å²) in [4.78, 5) is 4.82. The summed E-state index contributed by atoms with van der Waals surface area (Å²) in [5.74, 6) is 0. The summed E-state index contributed by atoms with van der Waals surface area (Å²) in [6, 6.07) is 0.808. The summed E-state index contributed by atoms with van der Waals surface area (Å²) in [6.07, 6.45) is 5.31. The zero-order valence-corrected chi connectivity index (χ0v) is 10.6.